The molecule has 2 aromatic heterocycles. The first-order valence-corrected chi connectivity index (χ1v) is 12.0. The van der Waals surface area contributed by atoms with Crippen LogP contribution < -0.4 is 16.2 Å². The lowest BCUT2D eigenvalue weighted by molar-refractivity contribution is 0.598. The summed E-state index contributed by atoms with van der Waals surface area (Å²) < 4.78 is 22.7. The first-order valence-electron chi connectivity index (χ1n) is 8.74. The SMILES string of the molecule is Nc1nc(Nc2ccc(S(N)(=O)=O)cc2)sc1-c1nc(/C=C/c2ccccc2)cs1. The lowest BCUT2D eigenvalue weighted by Crippen LogP contribution is -2.11. The van der Waals surface area contributed by atoms with Gasteiger partial charge in [-0.25, -0.2) is 23.5 Å². The van der Waals surface area contributed by atoms with E-state index < -0.39 is 10.0 Å². The van der Waals surface area contributed by atoms with E-state index in [-0.39, 0.29) is 4.90 Å². The number of hydrogen-bond donors (Lipinski definition) is 3. The molecule has 0 spiro atoms. The number of primary sulfonamides is 1. The molecule has 0 aliphatic carbocycles. The van der Waals surface area contributed by atoms with Gasteiger partial charge in [0.2, 0.25) is 10.0 Å². The fourth-order valence-electron chi connectivity index (χ4n) is 2.60. The summed E-state index contributed by atoms with van der Waals surface area (Å²) in [7, 11) is -3.72. The van der Waals surface area contributed by atoms with Crippen LogP contribution in [0.25, 0.3) is 22.0 Å². The number of hydrogen-bond acceptors (Lipinski definition) is 8. The summed E-state index contributed by atoms with van der Waals surface area (Å²) in [5.74, 6) is 0.386. The Morgan fingerprint density at radius 2 is 1.70 bits per heavy atom. The molecule has 0 atom stereocenters. The molecule has 0 aliphatic rings. The number of nitrogens with zero attached hydrogens (tertiary/aromatic N) is 2. The van der Waals surface area contributed by atoms with Crippen LogP contribution in [0, 0.1) is 0 Å². The molecule has 10 heteroatoms. The van der Waals surface area contributed by atoms with Gasteiger partial charge in [-0.1, -0.05) is 47.7 Å². The Morgan fingerprint density at radius 1 is 0.967 bits per heavy atom. The zero-order chi connectivity index (χ0) is 21.1. The summed E-state index contributed by atoms with van der Waals surface area (Å²) in [5.41, 5.74) is 8.72. The normalized spacial score (nSPS) is 11.8. The van der Waals surface area contributed by atoms with E-state index in [4.69, 9.17) is 10.9 Å². The molecule has 30 heavy (non-hydrogen) atoms. The van der Waals surface area contributed by atoms with Crippen LogP contribution in [0.2, 0.25) is 0 Å². The van der Waals surface area contributed by atoms with Crippen molar-refractivity contribution in [3.05, 3.63) is 71.2 Å². The number of nitrogens with one attached hydrogen (secondary N) is 1. The van der Waals surface area contributed by atoms with E-state index in [2.05, 4.69) is 15.3 Å². The van der Waals surface area contributed by atoms with Gasteiger partial charge in [0.25, 0.3) is 0 Å². The van der Waals surface area contributed by atoms with Gasteiger partial charge in [0.15, 0.2) is 5.13 Å². The number of rotatable bonds is 6. The maximum absolute atomic E-state index is 11.4. The number of thiazole rings is 2. The maximum Gasteiger partial charge on any atom is 0.238 e. The average molecular weight is 456 g/mol. The molecule has 0 saturated heterocycles. The van der Waals surface area contributed by atoms with Crippen LogP contribution in [-0.2, 0) is 10.0 Å². The van der Waals surface area contributed by atoms with Gasteiger partial charge >= 0.3 is 0 Å². The molecular formula is C20H17N5O2S3. The summed E-state index contributed by atoms with van der Waals surface area (Å²) in [6.07, 6.45) is 3.96. The summed E-state index contributed by atoms with van der Waals surface area (Å²) in [6, 6.07) is 16.1. The highest BCUT2D eigenvalue weighted by Crippen LogP contribution is 2.37. The minimum absolute atomic E-state index is 0.0475. The highest BCUT2D eigenvalue weighted by Gasteiger charge is 2.14. The van der Waals surface area contributed by atoms with Crippen LogP contribution >= 0.6 is 22.7 Å². The van der Waals surface area contributed by atoms with Gasteiger partial charge in [0.05, 0.1) is 10.6 Å². The van der Waals surface area contributed by atoms with Crippen molar-refractivity contribution >= 4 is 61.5 Å². The van der Waals surface area contributed by atoms with E-state index in [1.165, 1.54) is 34.8 Å². The zero-order valence-corrected chi connectivity index (χ0v) is 18.0. The molecule has 7 nitrogen and oxygen atoms in total. The van der Waals surface area contributed by atoms with Crippen LogP contribution in [0.3, 0.4) is 0 Å². The Kier molecular flexibility index (Phi) is 5.64. The first kappa shape index (κ1) is 20.2. The Labute approximate surface area is 181 Å². The molecule has 2 heterocycles. The third-order valence-corrected chi connectivity index (χ3v) is 6.98. The summed E-state index contributed by atoms with van der Waals surface area (Å²) >= 11 is 2.87. The first-order chi connectivity index (χ1) is 14.4. The van der Waals surface area contributed by atoms with Crippen LogP contribution in [0.4, 0.5) is 16.6 Å². The average Bonchev–Trinajstić information content (AvgIpc) is 3.33. The van der Waals surface area contributed by atoms with E-state index in [0.717, 1.165) is 21.1 Å². The van der Waals surface area contributed by atoms with E-state index in [1.54, 1.807) is 12.1 Å². The fourth-order valence-corrected chi connectivity index (χ4v) is 4.91. The maximum atomic E-state index is 11.4. The van der Waals surface area contributed by atoms with Gasteiger partial charge in [-0.3, -0.25) is 0 Å². The van der Waals surface area contributed by atoms with E-state index in [0.29, 0.717) is 16.6 Å². The molecule has 0 unspecified atom stereocenters. The Balaban J connectivity index is 1.50. The number of nitrogen functional groups attached to an aromatic ring is 1. The topological polar surface area (TPSA) is 124 Å². The molecule has 4 aromatic rings. The van der Waals surface area contributed by atoms with Crippen LogP contribution in [0.15, 0.2) is 64.9 Å². The number of benzene rings is 2. The Bertz CT molecular complexity index is 1290. The largest absolute Gasteiger partial charge is 0.382 e. The van der Waals surface area contributed by atoms with Crippen LogP contribution in [0.5, 0.6) is 0 Å². The van der Waals surface area contributed by atoms with Crippen molar-refractivity contribution in [2.75, 3.05) is 11.1 Å². The second kappa shape index (κ2) is 8.36. The third-order valence-electron chi connectivity index (χ3n) is 4.05. The molecule has 5 N–H and O–H groups in total. The van der Waals surface area contributed by atoms with Crippen molar-refractivity contribution in [1.82, 2.24) is 9.97 Å². The van der Waals surface area contributed by atoms with Gasteiger partial charge in [-0.2, -0.15) is 0 Å². The Hall–Kier alpha value is -3.05. The molecule has 152 valence electrons. The molecule has 2 aromatic carbocycles. The van der Waals surface area contributed by atoms with Crippen molar-refractivity contribution in [3.63, 3.8) is 0 Å². The standard InChI is InChI=1S/C20H17N5O2S3/c21-18-17(19-23-15(12-28-19)7-6-13-4-2-1-3-5-13)29-20(25-18)24-14-8-10-16(11-9-14)30(22,26)27/h1-12H,21H2,(H,24,25)(H2,22,26,27)/b7-6+. The van der Waals surface area contributed by atoms with Crippen molar-refractivity contribution in [2.24, 2.45) is 5.14 Å². The quantitative estimate of drug-likeness (QED) is 0.396. The van der Waals surface area contributed by atoms with Crippen LogP contribution in [-0.4, -0.2) is 18.4 Å². The molecule has 0 aliphatic heterocycles. The predicted octanol–water partition coefficient (Wildman–Crippen LogP) is 4.41. The summed E-state index contributed by atoms with van der Waals surface area (Å²) in [4.78, 5) is 9.80. The van der Waals surface area contributed by atoms with E-state index in [9.17, 15) is 8.42 Å². The molecule has 0 radical (unpaired) electrons. The van der Waals surface area contributed by atoms with Crippen molar-refractivity contribution < 1.29 is 8.42 Å². The number of nitrogens with two attached hydrogens (primary N) is 2. The molecule has 0 saturated carbocycles. The monoisotopic (exact) mass is 455 g/mol. The number of aromatic nitrogens is 2. The molecule has 4 rings (SSSR count). The Morgan fingerprint density at radius 3 is 2.40 bits per heavy atom. The summed E-state index contributed by atoms with van der Waals surface area (Å²) in [5, 5.41) is 11.6. The predicted molar refractivity (Wildman–Crippen MR) is 124 cm³/mol. The highest BCUT2D eigenvalue weighted by molar-refractivity contribution is 7.89. The molecule has 0 bridgehead atoms. The van der Waals surface area contributed by atoms with Gasteiger partial charge in [-0.15, -0.1) is 11.3 Å². The second-order valence-electron chi connectivity index (χ2n) is 6.25. The summed E-state index contributed by atoms with van der Waals surface area (Å²) in [6.45, 7) is 0. The molecule has 0 amide bonds. The lowest BCUT2D eigenvalue weighted by atomic mass is 10.2. The second-order valence-corrected chi connectivity index (χ2v) is 9.67. The number of anilines is 3. The van der Waals surface area contributed by atoms with Crippen LogP contribution in [0.1, 0.15) is 11.3 Å². The van der Waals surface area contributed by atoms with Crippen molar-refractivity contribution in [2.45, 2.75) is 4.90 Å². The van der Waals surface area contributed by atoms with E-state index >= 15 is 0 Å². The minimum Gasteiger partial charge on any atom is -0.382 e. The van der Waals surface area contributed by atoms with Gasteiger partial charge < -0.3 is 11.1 Å². The third kappa shape index (κ3) is 4.74. The highest BCUT2D eigenvalue weighted by atomic mass is 32.2. The smallest absolute Gasteiger partial charge is 0.238 e. The fraction of sp³-hybridized carbons (Fsp3) is 0. The minimum atomic E-state index is -3.72. The van der Waals surface area contributed by atoms with Crippen molar-refractivity contribution in [3.8, 4) is 9.88 Å². The zero-order valence-electron chi connectivity index (χ0n) is 15.5. The number of sulfonamides is 1. The molecular weight excluding hydrogens is 438 g/mol. The van der Waals surface area contributed by atoms with Gasteiger partial charge in [0.1, 0.15) is 15.7 Å². The van der Waals surface area contributed by atoms with Crippen molar-refractivity contribution in [1.29, 1.82) is 0 Å². The molecule has 0 fully saturated rings. The lowest BCUT2D eigenvalue weighted by Gasteiger charge is -2.03. The van der Waals surface area contributed by atoms with Gasteiger partial charge in [0, 0.05) is 11.1 Å². The van der Waals surface area contributed by atoms with Gasteiger partial charge in [-0.05, 0) is 35.9 Å². The van der Waals surface area contributed by atoms with E-state index in [1.807, 2.05) is 47.9 Å².